The zero-order chi connectivity index (χ0) is 12.8. The van der Waals surface area contributed by atoms with Crippen molar-refractivity contribution in [3.05, 3.63) is 48.6 Å². The topological polar surface area (TPSA) is 12.5 Å². The molecule has 1 aromatic rings. The predicted molar refractivity (Wildman–Crippen MR) is 75.6 cm³/mol. The minimum absolute atomic E-state index is 0.347. The average Bonchev–Trinajstić information content (AvgIpc) is 2.46. The first-order valence-corrected chi connectivity index (χ1v) is 6.79. The minimum Gasteiger partial charge on any atom is -0.383 e. The number of ether oxygens (including phenoxy) is 1. The van der Waals surface area contributed by atoms with Crippen LogP contribution in [0, 0.1) is 0 Å². The van der Waals surface area contributed by atoms with E-state index in [0.717, 1.165) is 13.2 Å². The maximum absolute atomic E-state index is 5.43. The fourth-order valence-electron chi connectivity index (χ4n) is 2.84. The molecule has 2 unspecified atom stereocenters. The predicted octanol–water partition coefficient (Wildman–Crippen LogP) is 3.41. The van der Waals surface area contributed by atoms with E-state index in [0.29, 0.717) is 12.1 Å². The van der Waals surface area contributed by atoms with Crippen molar-refractivity contribution in [2.75, 3.05) is 20.3 Å². The highest BCUT2D eigenvalue weighted by atomic mass is 16.5. The van der Waals surface area contributed by atoms with E-state index in [2.05, 4.69) is 47.9 Å². The van der Waals surface area contributed by atoms with Crippen molar-refractivity contribution in [1.82, 2.24) is 4.90 Å². The lowest BCUT2D eigenvalue weighted by atomic mass is 9.96. The fourth-order valence-corrected chi connectivity index (χ4v) is 2.84. The van der Waals surface area contributed by atoms with Crippen LogP contribution in [0.3, 0.4) is 0 Å². The minimum atomic E-state index is 0.347. The third kappa shape index (κ3) is 3.01. The van der Waals surface area contributed by atoms with E-state index in [1.54, 1.807) is 7.11 Å². The Morgan fingerprint density at radius 1 is 1.39 bits per heavy atom. The highest BCUT2D eigenvalue weighted by Gasteiger charge is 2.27. The molecule has 2 atom stereocenters. The number of piperidine rings is 1. The number of nitrogens with zero attached hydrogens (tertiary/aromatic N) is 1. The van der Waals surface area contributed by atoms with Gasteiger partial charge in [0.25, 0.3) is 0 Å². The molecule has 0 radical (unpaired) electrons. The van der Waals surface area contributed by atoms with Gasteiger partial charge in [-0.1, -0.05) is 42.8 Å². The molecule has 2 heteroatoms. The van der Waals surface area contributed by atoms with Gasteiger partial charge in [-0.2, -0.15) is 0 Å². The molecule has 0 bridgehead atoms. The summed E-state index contributed by atoms with van der Waals surface area (Å²) >= 11 is 0. The van der Waals surface area contributed by atoms with Gasteiger partial charge in [-0.15, -0.1) is 6.58 Å². The third-order valence-electron chi connectivity index (χ3n) is 3.77. The van der Waals surface area contributed by atoms with Crippen molar-refractivity contribution in [3.8, 4) is 0 Å². The molecule has 1 heterocycles. The Hall–Kier alpha value is -1.12. The van der Waals surface area contributed by atoms with Crippen molar-refractivity contribution >= 4 is 0 Å². The summed E-state index contributed by atoms with van der Waals surface area (Å²) in [5.74, 6) is 0. The van der Waals surface area contributed by atoms with Gasteiger partial charge in [-0.3, -0.25) is 4.90 Å². The SMILES string of the molecule is C=CC1CCCCN1C(COC)c1ccccc1. The molecule has 1 aliphatic heterocycles. The first-order chi connectivity index (χ1) is 8.86. The van der Waals surface area contributed by atoms with Crippen LogP contribution in [0.15, 0.2) is 43.0 Å². The Labute approximate surface area is 110 Å². The van der Waals surface area contributed by atoms with Gasteiger partial charge < -0.3 is 4.74 Å². The highest BCUT2D eigenvalue weighted by molar-refractivity contribution is 5.20. The lowest BCUT2D eigenvalue weighted by molar-refractivity contribution is 0.0551. The van der Waals surface area contributed by atoms with E-state index < -0.39 is 0 Å². The average molecular weight is 245 g/mol. The van der Waals surface area contributed by atoms with Gasteiger partial charge in [0.2, 0.25) is 0 Å². The summed E-state index contributed by atoms with van der Waals surface area (Å²) < 4.78 is 5.43. The molecule has 1 saturated heterocycles. The molecule has 0 amide bonds. The number of hydrogen-bond acceptors (Lipinski definition) is 2. The molecule has 0 spiro atoms. The van der Waals surface area contributed by atoms with Crippen LogP contribution in [-0.2, 0) is 4.74 Å². The van der Waals surface area contributed by atoms with Gasteiger partial charge in [0.1, 0.15) is 0 Å². The van der Waals surface area contributed by atoms with Gasteiger partial charge in [-0.25, -0.2) is 0 Å². The zero-order valence-corrected chi connectivity index (χ0v) is 11.2. The lowest BCUT2D eigenvalue weighted by Gasteiger charge is -2.40. The van der Waals surface area contributed by atoms with Crippen molar-refractivity contribution in [2.45, 2.75) is 31.3 Å². The van der Waals surface area contributed by atoms with Crippen molar-refractivity contribution in [3.63, 3.8) is 0 Å². The first kappa shape index (κ1) is 13.3. The van der Waals surface area contributed by atoms with Gasteiger partial charge in [-0.05, 0) is 24.9 Å². The van der Waals surface area contributed by atoms with Crippen molar-refractivity contribution in [2.24, 2.45) is 0 Å². The normalized spacial score (nSPS) is 22.6. The van der Waals surface area contributed by atoms with Crippen LogP contribution in [0.5, 0.6) is 0 Å². The summed E-state index contributed by atoms with van der Waals surface area (Å²) in [6.07, 6.45) is 5.89. The molecule has 18 heavy (non-hydrogen) atoms. The molecule has 0 aliphatic carbocycles. The van der Waals surface area contributed by atoms with E-state index >= 15 is 0 Å². The fraction of sp³-hybridized carbons (Fsp3) is 0.500. The van der Waals surface area contributed by atoms with Crippen LogP contribution in [-0.4, -0.2) is 31.2 Å². The Bertz CT molecular complexity index is 363. The Kier molecular flexibility index (Phi) is 4.97. The molecule has 0 aromatic heterocycles. The second kappa shape index (κ2) is 6.72. The standard InChI is InChI=1S/C16H23NO/c1-3-15-11-7-8-12-17(15)16(13-18-2)14-9-5-4-6-10-14/h3-6,9-10,15-16H,1,7-8,11-13H2,2H3. The maximum Gasteiger partial charge on any atom is 0.0660 e. The van der Waals surface area contributed by atoms with Gasteiger partial charge in [0.15, 0.2) is 0 Å². The molecular formula is C16H23NO. The van der Waals surface area contributed by atoms with E-state index in [9.17, 15) is 0 Å². The molecule has 1 aromatic carbocycles. The van der Waals surface area contributed by atoms with E-state index in [-0.39, 0.29) is 0 Å². The summed E-state index contributed by atoms with van der Waals surface area (Å²) in [6.45, 7) is 5.87. The van der Waals surface area contributed by atoms with Crippen LogP contribution >= 0.6 is 0 Å². The van der Waals surface area contributed by atoms with Crippen molar-refractivity contribution < 1.29 is 4.74 Å². The molecule has 0 N–H and O–H groups in total. The molecule has 2 rings (SSSR count). The largest absolute Gasteiger partial charge is 0.383 e. The molecular weight excluding hydrogens is 222 g/mol. The highest BCUT2D eigenvalue weighted by Crippen LogP contribution is 2.29. The van der Waals surface area contributed by atoms with Crippen LogP contribution < -0.4 is 0 Å². The second-order valence-corrected chi connectivity index (χ2v) is 4.92. The first-order valence-electron chi connectivity index (χ1n) is 6.79. The smallest absolute Gasteiger partial charge is 0.0660 e. The van der Waals surface area contributed by atoms with Gasteiger partial charge in [0, 0.05) is 13.2 Å². The zero-order valence-electron chi connectivity index (χ0n) is 11.2. The van der Waals surface area contributed by atoms with E-state index in [1.165, 1.54) is 24.8 Å². The van der Waals surface area contributed by atoms with Crippen molar-refractivity contribution in [1.29, 1.82) is 0 Å². The van der Waals surface area contributed by atoms with Crippen LogP contribution in [0.4, 0.5) is 0 Å². The Balaban J connectivity index is 2.20. The summed E-state index contributed by atoms with van der Waals surface area (Å²) in [6, 6.07) is 11.5. The number of rotatable bonds is 5. The summed E-state index contributed by atoms with van der Waals surface area (Å²) in [7, 11) is 1.78. The number of hydrogen-bond donors (Lipinski definition) is 0. The van der Waals surface area contributed by atoms with E-state index in [1.807, 2.05) is 0 Å². The maximum atomic E-state index is 5.43. The van der Waals surface area contributed by atoms with Crippen LogP contribution in [0.2, 0.25) is 0 Å². The summed E-state index contributed by atoms with van der Waals surface area (Å²) in [5, 5.41) is 0. The van der Waals surface area contributed by atoms with Crippen LogP contribution in [0.25, 0.3) is 0 Å². The van der Waals surface area contributed by atoms with Crippen LogP contribution in [0.1, 0.15) is 30.9 Å². The Morgan fingerprint density at radius 2 is 2.17 bits per heavy atom. The van der Waals surface area contributed by atoms with Gasteiger partial charge >= 0.3 is 0 Å². The monoisotopic (exact) mass is 245 g/mol. The van der Waals surface area contributed by atoms with Gasteiger partial charge in [0.05, 0.1) is 12.6 Å². The number of benzene rings is 1. The number of likely N-dealkylation sites (tertiary alicyclic amines) is 1. The third-order valence-corrected chi connectivity index (χ3v) is 3.77. The summed E-state index contributed by atoms with van der Waals surface area (Å²) in [4.78, 5) is 2.54. The molecule has 1 fully saturated rings. The number of methoxy groups -OCH3 is 1. The Morgan fingerprint density at radius 3 is 2.83 bits per heavy atom. The lowest BCUT2D eigenvalue weighted by Crippen LogP contribution is -2.42. The second-order valence-electron chi connectivity index (χ2n) is 4.92. The van der Waals surface area contributed by atoms with E-state index in [4.69, 9.17) is 4.74 Å². The molecule has 2 nitrogen and oxygen atoms in total. The summed E-state index contributed by atoms with van der Waals surface area (Å²) in [5.41, 5.74) is 1.34. The quantitative estimate of drug-likeness (QED) is 0.737. The molecule has 1 aliphatic rings. The molecule has 98 valence electrons. The molecule has 0 saturated carbocycles.